The molecule has 1 saturated heterocycles. The largest absolute Gasteiger partial charge is 0.352 e. The van der Waals surface area contributed by atoms with Crippen LogP contribution in [0.5, 0.6) is 0 Å². The number of nitrogens with zero attached hydrogens (tertiary/aromatic N) is 2. The Morgan fingerprint density at radius 2 is 1.58 bits per heavy atom. The third-order valence-electron chi connectivity index (χ3n) is 5.67. The van der Waals surface area contributed by atoms with Gasteiger partial charge in [0, 0.05) is 39.6 Å². The number of rotatable bonds is 9. The zero-order valence-electron chi connectivity index (χ0n) is 18.5. The number of piperidine rings is 1. The van der Waals surface area contributed by atoms with Crippen LogP contribution in [0.3, 0.4) is 0 Å². The van der Waals surface area contributed by atoms with Gasteiger partial charge >= 0.3 is 6.03 Å². The second-order valence-electron chi connectivity index (χ2n) is 8.21. The maximum absolute atomic E-state index is 12.3. The minimum absolute atomic E-state index is 0.0567. The van der Waals surface area contributed by atoms with Crippen LogP contribution < -0.4 is 10.6 Å². The molecule has 2 aromatic rings. The van der Waals surface area contributed by atoms with E-state index in [1.165, 1.54) is 24.8 Å². The third-order valence-corrected chi connectivity index (χ3v) is 5.67. The molecule has 1 fully saturated rings. The molecular formula is C25H34N4O2. The van der Waals surface area contributed by atoms with E-state index in [0.29, 0.717) is 19.6 Å². The molecule has 0 bridgehead atoms. The highest BCUT2D eigenvalue weighted by molar-refractivity contribution is 5.78. The van der Waals surface area contributed by atoms with Gasteiger partial charge in [0.25, 0.3) is 0 Å². The lowest BCUT2D eigenvalue weighted by Crippen LogP contribution is -2.38. The Labute approximate surface area is 185 Å². The summed E-state index contributed by atoms with van der Waals surface area (Å²) >= 11 is 0. The molecule has 1 aliphatic heterocycles. The van der Waals surface area contributed by atoms with E-state index in [1.54, 1.807) is 11.9 Å². The normalized spacial score (nSPS) is 14.1. The smallest absolute Gasteiger partial charge is 0.317 e. The second kappa shape index (κ2) is 12.1. The number of carbonyl (C=O) groups excluding carboxylic acids is 2. The average molecular weight is 423 g/mol. The van der Waals surface area contributed by atoms with E-state index in [0.717, 1.165) is 30.8 Å². The summed E-state index contributed by atoms with van der Waals surface area (Å²) in [5.41, 5.74) is 3.51. The first-order chi connectivity index (χ1) is 15.1. The summed E-state index contributed by atoms with van der Waals surface area (Å²) < 4.78 is 0. The van der Waals surface area contributed by atoms with Crippen LogP contribution in [-0.2, 0) is 24.4 Å². The summed E-state index contributed by atoms with van der Waals surface area (Å²) in [6.45, 7) is 4.62. The Balaban J connectivity index is 1.38. The Morgan fingerprint density at radius 3 is 2.32 bits per heavy atom. The van der Waals surface area contributed by atoms with Gasteiger partial charge in [0.05, 0.1) is 0 Å². The molecule has 0 aromatic heterocycles. The highest BCUT2D eigenvalue weighted by Gasteiger charge is 2.13. The van der Waals surface area contributed by atoms with Crippen LogP contribution in [0.2, 0.25) is 0 Å². The Kier molecular flexibility index (Phi) is 8.91. The number of nitrogens with one attached hydrogen (secondary N) is 2. The molecule has 0 unspecified atom stereocenters. The number of urea groups is 1. The van der Waals surface area contributed by atoms with Gasteiger partial charge in [-0.2, -0.15) is 0 Å². The van der Waals surface area contributed by atoms with Gasteiger partial charge in [-0.25, -0.2) is 4.79 Å². The van der Waals surface area contributed by atoms with Gasteiger partial charge < -0.3 is 15.5 Å². The van der Waals surface area contributed by atoms with Crippen LogP contribution in [0.25, 0.3) is 0 Å². The molecular weight excluding hydrogens is 388 g/mol. The predicted octanol–water partition coefficient (Wildman–Crippen LogP) is 3.52. The lowest BCUT2D eigenvalue weighted by molar-refractivity contribution is -0.121. The minimum atomic E-state index is -0.177. The number of hydrogen-bond acceptors (Lipinski definition) is 3. The molecule has 2 N–H and O–H groups in total. The SMILES string of the molecule is CN(Cc1ccccc1)C(=O)NCCC(=O)NCc1ccccc1CN1CCCCC1. The summed E-state index contributed by atoms with van der Waals surface area (Å²) in [6, 6.07) is 18.0. The van der Waals surface area contributed by atoms with Crippen molar-refractivity contribution in [1.29, 1.82) is 0 Å². The van der Waals surface area contributed by atoms with Crippen molar-refractivity contribution in [1.82, 2.24) is 20.4 Å². The first-order valence-electron chi connectivity index (χ1n) is 11.2. The average Bonchev–Trinajstić information content (AvgIpc) is 2.80. The van der Waals surface area contributed by atoms with Gasteiger partial charge in [-0.1, -0.05) is 61.0 Å². The van der Waals surface area contributed by atoms with Crippen molar-refractivity contribution in [3.8, 4) is 0 Å². The fraction of sp³-hybridized carbons (Fsp3) is 0.440. The summed E-state index contributed by atoms with van der Waals surface area (Å²) in [5.74, 6) is -0.0567. The van der Waals surface area contributed by atoms with Gasteiger partial charge in [-0.05, 0) is 42.6 Å². The number of benzene rings is 2. The molecule has 1 heterocycles. The molecule has 0 saturated carbocycles. The molecule has 1 aliphatic rings. The van der Waals surface area contributed by atoms with Crippen molar-refractivity contribution in [3.05, 3.63) is 71.3 Å². The molecule has 0 aliphatic carbocycles. The van der Waals surface area contributed by atoms with Crippen molar-refractivity contribution in [2.75, 3.05) is 26.7 Å². The maximum Gasteiger partial charge on any atom is 0.317 e. The van der Waals surface area contributed by atoms with E-state index in [-0.39, 0.29) is 18.4 Å². The molecule has 166 valence electrons. The van der Waals surface area contributed by atoms with Crippen molar-refractivity contribution >= 4 is 11.9 Å². The van der Waals surface area contributed by atoms with E-state index in [4.69, 9.17) is 0 Å². The fourth-order valence-corrected chi connectivity index (χ4v) is 3.87. The Hall–Kier alpha value is -2.86. The molecule has 2 aromatic carbocycles. The fourth-order valence-electron chi connectivity index (χ4n) is 3.87. The summed E-state index contributed by atoms with van der Waals surface area (Å²) in [5, 5.41) is 5.81. The number of amides is 3. The number of hydrogen-bond donors (Lipinski definition) is 2. The summed E-state index contributed by atoms with van der Waals surface area (Å²) in [6.07, 6.45) is 4.13. The van der Waals surface area contributed by atoms with Gasteiger partial charge in [0.1, 0.15) is 0 Å². The summed E-state index contributed by atoms with van der Waals surface area (Å²) in [7, 11) is 1.75. The lowest BCUT2D eigenvalue weighted by atomic mass is 10.0. The Morgan fingerprint density at radius 1 is 0.903 bits per heavy atom. The van der Waals surface area contributed by atoms with Crippen molar-refractivity contribution in [3.63, 3.8) is 0 Å². The minimum Gasteiger partial charge on any atom is -0.352 e. The van der Waals surface area contributed by atoms with E-state index >= 15 is 0 Å². The lowest BCUT2D eigenvalue weighted by Gasteiger charge is -2.27. The maximum atomic E-state index is 12.3. The molecule has 0 spiro atoms. The quantitative estimate of drug-likeness (QED) is 0.650. The van der Waals surface area contributed by atoms with E-state index in [1.807, 2.05) is 36.4 Å². The molecule has 31 heavy (non-hydrogen) atoms. The zero-order chi connectivity index (χ0) is 21.9. The molecule has 0 atom stereocenters. The number of carbonyl (C=O) groups is 2. The first kappa shape index (κ1) is 22.8. The van der Waals surface area contributed by atoms with Crippen LogP contribution in [0.1, 0.15) is 42.4 Å². The molecule has 3 amide bonds. The van der Waals surface area contributed by atoms with Gasteiger partial charge in [0.2, 0.25) is 5.91 Å². The summed E-state index contributed by atoms with van der Waals surface area (Å²) in [4.78, 5) is 28.6. The van der Waals surface area contributed by atoms with Crippen LogP contribution in [0.4, 0.5) is 4.79 Å². The Bertz CT molecular complexity index is 834. The van der Waals surface area contributed by atoms with Crippen LogP contribution in [0, 0.1) is 0 Å². The third kappa shape index (κ3) is 7.72. The molecule has 6 nitrogen and oxygen atoms in total. The van der Waals surface area contributed by atoms with E-state index in [2.05, 4.69) is 33.7 Å². The standard InChI is InChI=1S/C25H34N4O2/c1-28(19-21-10-4-2-5-11-21)25(31)26-15-14-24(30)27-18-22-12-6-7-13-23(22)20-29-16-8-3-9-17-29/h2,4-7,10-13H,3,8-9,14-20H2,1H3,(H,26,31)(H,27,30). The van der Waals surface area contributed by atoms with E-state index in [9.17, 15) is 9.59 Å². The zero-order valence-corrected chi connectivity index (χ0v) is 18.5. The van der Waals surface area contributed by atoms with Crippen LogP contribution in [-0.4, -0.2) is 48.4 Å². The monoisotopic (exact) mass is 422 g/mol. The van der Waals surface area contributed by atoms with Gasteiger partial charge in [-0.15, -0.1) is 0 Å². The number of likely N-dealkylation sites (tertiary alicyclic amines) is 1. The van der Waals surface area contributed by atoms with E-state index < -0.39 is 0 Å². The molecule has 6 heteroatoms. The second-order valence-corrected chi connectivity index (χ2v) is 8.21. The van der Waals surface area contributed by atoms with Gasteiger partial charge in [-0.3, -0.25) is 9.69 Å². The van der Waals surface area contributed by atoms with Crippen LogP contribution >= 0.6 is 0 Å². The molecule has 0 radical (unpaired) electrons. The predicted molar refractivity (Wildman–Crippen MR) is 123 cm³/mol. The topological polar surface area (TPSA) is 64.7 Å². The van der Waals surface area contributed by atoms with Crippen molar-refractivity contribution < 1.29 is 9.59 Å². The van der Waals surface area contributed by atoms with Crippen molar-refractivity contribution in [2.24, 2.45) is 0 Å². The van der Waals surface area contributed by atoms with Gasteiger partial charge in [0.15, 0.2) is 0 Å². The first-order valence-corrected chi connectivity index (χ1v) is 11.2. The van der Waals surface area contributed by atoms with Crippen LogP contribution in [0.15, 0.2) is 54.6 Å². The van der Waals surface area contributed by atoms with Crippen molar-refractivity contribution in [2.45, 2.75) is 45.3 Å². The highest BCUT2D eigenvalue weighted by atomic mass is 16.2. The highest BCUT2D eigenvalue weighted by Crippen LogP contribution is 2.16. The molecule has 3 rings (SSSR count).